The van der Waals surface area contributed by atoms with Gasteiger partial charge in [-0.05, 0) is 25.2 Å². The van der Waals surface area contributed by atoms with Crippen LogP contribution in [0.15, 0.2) is 64.3 Å². The third-order valence-electron chi connectivity index (χ3n) is 6.24. The number of alkyl halides is 2. The van der Waals surface area contributed by atoms with Crippen LogP contribution < -0.4 is 11.5 Å². The van der Waals surface area contributed by atoms with Gasteiger partial charge >= 0.3 is 6.61 Å². The highest BCUT2D eigenvalue weighted by Gasteiger charge is 2.43. The van der Waals surface area contributed by atoms with E-state index in [-0.39, 0.29) is 18.0 Å². The van der Waals surface area contributed by atoms with Gasteiger partial charge in [0.05, 0.1) is 16.8 Å². The van der Waals surface area contributed by atoms with Crippen LogP contribution in [0.3, 0.4) is 0 Å². The third kappa shape index (κ3) is 3.97. The molecule has 1 aliphatic carbocycles. The largest absolute Gasteiger partial charge is 0.437 e. The summed E-state index contributed by atoms with van der Waals surface area (Å²) in [6.45, 7) is 0.0343. The predicted molar refractivity (Wildman–Crippen MR) is 121 cm³/mol. The van der Waals surface area contributed by atoms with Crippen LogP contribution in [0.5, 0.6) is 0 Å². The van der Waals surface area contributed by atoms with Crippen LogP contribution >= 0.6 is 0 Å². The average Bonchev–Trinajstić information content (AvgIpc) is 3.26. The summed E-state index contributed by atoms with van der Waals surface area (Å²) in [5, 5.41) is 4.88. The van der Waals surface area contributed by atoms with E-state index in [9.17, 15) is 8.78 Å². The molecule has 1 saturated heterocycles. The molecule has 1 aromatic carbocycles. The van der Waals surface area contributed by atoms with Crippen LogP contribution in [-0.2, 0) is 10.3 Å². The van der Waals surface area contributed by atoms with Crippen molar-refractivity contribution in [2.24, 2.45) is 11.5 Å². The van der Waals surface area contributed by atoms with Crippen molar-refractivity contribution in [3.8, 4) is 11.4 Å². The van der Waals surface area contributed by atoms with Crippen molar-refractivity contribution in [2.45, 2.75) is 18.6 Å². The number of hydrogen-bond donors (Lipinski definition) is 2. The molecule has 0 spiro atoms. The van der Waals surface area contributed by atoms with Crippen molar-refractivity contribution in [3.63, 3.8) is 0 Å². The van der Waals surface area contributed by atoms with Crippen molar-refractivity contribution in [3.05, 3.63) is 65.6 Å². The van der Waals surface area contributed by atoms with E-state index in [1.165, 1.54) is 12.3 Å². The fraction of sp³-hybridized carbons (Fsp3) is 0.348. The Hall–Kier alpha value is -3.57. The van der Waals surface area contributed by atoms with Crippen molar-refractivity contribution in [1.29, 1.82) is 0 Å². The number of aromatic nitrogens is 3. The SMILES string of the molecule is CN1CCN(C2=C(N)CC(N)(c3nccc(-c4noc5ccccc45)n3)C(OC(F)F)=C2)CC1. The summed E-state index contributed by atoms with van der Waals surface area (Å²) in [4.78, 5) is 13.1. The zero-order chi connectivity index (χ0) is 23.9. The van der Waals surface area contributed by atoms with Gasteiger partial charge in [-0.1, -0.05) is 17.3 Å². The highest BCUT2D eigenvalue weighted by atomic mass is 19.3. The molecule has 2 aliphatic rings. The number of fused-ring (bicyclic) bond motifs is 1. The monoisotopic (exact) mass is 469 g/mol. The molecule has 0 saturated carbocycles. The van der Waals surface area contributed by atoms with Crippen molar-refractivity contribution >= 4 is 11.0 Å². The van der Waals surface area contributed by atoms with Crippen molar-refractivity contribution in [2.75, 3.05) is 33.2 Å². The van der Waals surface area contributed by atoms with Gasteiger partial charge in [0.25, 0.3) is 0 Å². The van der Waals surface area contributed by atoms with Crippen LogP contribution in [0.1, 0.15) is 12.2 Å². The van der Waals surface area contributed by atoms with Gasteiger partial charge in [-0.2, -0.15) is 8.78 Å². The van der Waals surface area contributed by atoms with Gasteiger partial charge in [0.15, 0.2) is 11.4 Å². The number of nitrogens with zero attached hydrogens (tertiary/aromatic N) is 5. The first-order chi connectivity index (χ1) is 16.3. The molecule has 9 nitrogen and oxygen atoms in total. The van der Waals surface area contributed by atoms with E-state index in [4.69, 9.17) is 20.7 Å². The Balaban J connectivity index is 1.54. The minimum atomic E-state index is -3.06. The highest BCUT2D eigenvalue weighted by Crippen LogP contribution is 2.39. The number of rotatable bonds is 5. The maximum absolute atomic E-state index is 13.4. The molecule has 1 fully saturated rings. The normalized spacial score (nSPS) is 21.9. The average molecular weight is 469 g/mol. The van der Waals surface area contributed by atoms with E-state index < -0.39 is 12.2 Å². The quantitative estimate of drug-likeness (QED) is 0.580. The Labute approximate surface area is 194 Å². The van der Waals surface area contributed by atoms with Gasteiger partial charge in [-0.3, -0.25) is 0 Å². The summed E-state index contributed by atoms with van der Waals surface area (Å²) in [5.74, 6) is -0.0304. The highest BCUT2D eigenvalue weighted by molar-refractivity contribution is 5.90. The fourth-order valence-electron chi connectivity index (χ4n) is 4.37. The summed E-state index contributed by atoms with van der Waals surface area (Å²) in [5.41, 5.74) is 14.2. The number of halogens is 2. The molecular formula is C23H25F2N7O2. The molecule has 5 rings (SSSR count). The summed E-state index contributed by atoms with van der Waals surface area (Å²) in [6.07, 6.45) is 3.03. The molecule has 3 heterocycles. The number of nitrogens with two attached hydrogens (primary N) is 2. The number of benzene rings is 1. The van der Waals surface area contributed by atoms with E-state index in [2.05, 4.69) is 24.9 Å². The molecule has 11 heteroatoms. The molecule has 0 amide bonds. The second kappa shape index (κ2) is 8.65. The van der Waals surface area contributed by atoms with E-state index in [0.717, 1.165) is 18.5 Å². The van der Waals surface area contributed by atoms with Gasteiger partial charge in [0, 0.05) is 50.6 Å². The Morgan fingerprint density at radius 1 is 1.15 bits per heavy atom. The Bertz CT molecular complexity index is 1270. The lowest BCUT2D eigenvalue weighted by Gasteiger charge is -2.40. The van der Waals surface area contributed by atoms with Gasteiger partial charge in [-0.25, -0.2) is 9.97 Å². The number of ether oxygens (including phenoxy) is 1. The van der Waals surface area contributed by atoms with Crippen LogP contribution in [0.4, 0.5) is 8.78 Å². The van der Waals surface area contributed by atoms with Gasteiger partial charge in [0.1, 0.15) is 17.0 Å². The van der Waals surface area contributed by atoms with Crippen molar-refractivity contribution < 1.29 is 18.0 Å². The molecule has 3 aromatic rings. The number of para-hydroxylation sites is 1. The lowest BCUT2D eigenvalue weighted by molar-refractivity contribution is -0.108. The maximum atomic E-state index is 13.4. The number of piperazine rings is 1. The van der Waals surface area contributed by atoms with Gasteiger partial charge in [0.2, 0.25) is 0 Å². The van der Waals surface area contributed by atoms with E-state index in [1.807, 2.05) is 25.2 Å². The fourth-order valence-corrected chi connectivity index (χ4v) is 4.37. The first kappa shape index (κ1) is 22.2. The molecule has 178 valence electrons. The summed E-state index contributed by atoms with van der Waals surface area (Å²) >= 11 is 0. The Morgan fingerprint density at radius 2 is 1.91 bits per heavy atom. The number of hydrogen-bond acceptors (Lipinski definition) is 9. The Kier molecular flexibility index (Phi) is 5.66. The van der Waals surface area contributed by atoms with Crippen LogP contribution in [0.2, 0.25) is 0 Å². The van der Waals surface area contributed by atoms with Gasteiger partial charge < -0.3 is 30.5 Å². The number of allylic oxidation sites excluding steroid dienone is 1. The van der Waals surface area contributed by atoms with E-state index in [0.29, 0.717) is 41.5 Å². The Morgan fingerprint density at radius 3 is 2.68 bits per heavy atom. The maximum Gasteiger partial charge on any atom is 0.387 e. The van der Waals surface area contributed by atoms with Gasteiger partial charge in [-0.15, -0.1) is 0 Å². The molecule has 0 bridgehead atoms. The summed E-state index contributed by atoms with van der Waals surface area (Å²) in [6, 6.07) is 9.01. The lowest BCUT2D eigenvalue weighted by atomic mass is 9.85. The molecular weight excluding hydrogens is 444 g/mol. The minimum absolute atomic E-state index is 0.0241. The van der Waals surface area contributed by atoms with Crippen molar-refractivity contribution in [1.82, 2.24) is 24.9 Å². The van der Waals surface area contributed by atoms with Crippen LogP contribution in [0, 0.1) is 0 Å². The zero-order valence-corrected chi connectivity index (χ0v) is 18.6. The summed E-state index contributed by atoms with van der Waals surface area (Å²) < 4.78 is 37.1. The molecule has 1 unspecified atom stereocenters. The van der Waals surface area contributed by atoms with E-state index >= 15 is 0 Å². The lowest BCUT2D eigenvalue weighted by Crippen LogP contribution is -2.48. The second-order valence-electron chi connectivity index (χ2n) is 8.53. The standard InChI is InChI=1S/C23H25F2N7O2/c1-31-8-10-32(11-9-31)17-12-19(33-22(24)25)23(27,13-15(17)26)21-28-7-6-16(29-21)20-14-4-2-3-5-18(14)34-30-20/h2-7,12,22H,8-11,13,26-27H2,1H3. The minimum Gasteiger partial charge on any atom is -0.437 e. The number of likely N-dealkylation sites (N-methyl/N-ethyl adjacent to an activating group) is 1. The van der Waals surface area contributed by atoms with Crippen LogP contribution in [-0.4, -0.2) is 64.8 Å². The molecule has 1 aliphatic heterocycles. The predicted octanol–water partition coefficient (Wildman–Crippen LogP) is 2.38. The summed E-state index contributed by atoms with van der Waals surface area (Å²) in [7, 11) is 2.03. The third-order valence-corrected chi connectivity index (χ3v) is 6.24. The smallest absolute Gasteiger partial charge is 0.387 e. The molecule has 34 heavy (non-hydrogen) atoms. The van der Waals surface area contributed by atoms with Crippen LogP contribution in [0.25, 0.3) is 22.4 Å². The van der Waals surface area contributed by atoms with E-state index in [1.54, 1.807) is 12.1 Å². The molecule has 1 atom stereocenters. The first-order valence-corrected chi connectivity index (χ1v) is 10.9. The molecule has 2 aromatic heterocycles. The zero-order valence-electron chi connectivity index (χ0n) is 18.6. The second-order valence-corrected chi connectivity index (χ2v) is 8.53. The molecule has 4 N–H and O–H groups in total. The topological polar surface area (TPSA) is 120 Å². The molecule has 0 radical (unpaired) electrons. The first-order valence-electron chi connectivity index (χ1n) is 10.9.